The van der Waals surface area contributed by atoms with Gasteiger partial charge in [-0.05, 0) is 42.3 Å². The van der Waals surface area contributed by atoms with Gasteiger partial charge in [0.05, 0.1) is 4.90 Å². The standard InChI is InChI=1S/C16H19N3O3S/c1-12(2)11-16(20)18-13-6-8-14(9-7-13)23(21,22)19-15-5-3-4-10-17-15/h3-10,12H,11H2,1-2H3,(H,17,19)(H,18,20). The Hall–Kier alpha value is -2.41. The number of benzene rings is 1. The van der Waals surface area contributed by atoms with E-state index in [9.17, 15) is 13.2 Å². The third kappa shape index (κ3) is 5.07. The highest BCUT2D eigenvalue weighted by Gasteiger charge is 2.14. The highest BCUT2D eigenvalue weighted by atomic mass is 32.2. The summed E-state index contributed by atoms with van der Waals surface area (Å²) in [6.07, 6.45) is 1.92. The van der Waals surface area contributed by atoms with Crippen LogP contribution in [0.25, 0.3) is 0 Å². The molecule has 0 saturated carbocycles. The van der Waals surface area contributed by atoms with Crippen molar-refractivity contribution in [2.24, 2.45) is 5.92 Å². The molecule has 1 aromatic carbocycles. The van der Waals surface area contributed by atoms with Crippen LogP contribution in [0.5, 0.6) is 0 Å². The van der Waals surface area contributed by atoms with Crippen molar-refractivity contribution in [1.82, 2.24) is 4.98 Å². The van der Waals surface area contributed by atoms with Crippen molar-refractivity contribution in [3.8, 4) is 0 Å². The van der Waals surface area contributed by atoms with E-state index in [1.54, 1.807) is 30.3 Å². The molecule has 0 saturated heterocycles. The maximum Gasteiger partial charge on any atom is 0.263 e. The van der Waals surface area contributed by atoms with E-state index in [0.717, 1.165) is 0 Å². The van der Waals surface area contributed by atoms with Crippen LogP contribution in [-0.2, 0) is 14.8 Å². The number of aromatic nitrogens is 1. The predicted molar refractivity (Wildman–Crippen MR) is 89.6 cm³/mol. The average Bonchev–Trinajstić information content (AvgIpc) is 2.47. The Morgan fingerprint density at radius 3 is 2.39 bits per heavy atom. The van der Waals surface area contributed by atoms with E-state index in [1.165, 1.54) is 18.3 Å². The van der Waals surface area contributed by atoms with Crippen LogP contribution in [0.3, 0.4) is 0 Å². The molecule has 1 aromatic heterocycles. The van der Waals surface area contributed by atoms with E-state index in [-0.39, 0.29) is 22.5 Å². The lowest BCUT2D eigenvalue weighted by Crippen LogP contribution is -2.15. The summed E-state index contributed by atoms with van der Waals surface area (Å²) in [4.78, 5) is 15.7. The van der Waals surface area contributed by atoms with Gasteiger partial charge in [-0.1, -0.05) is 19.9 Å². The maximum absolute atomic E-state index is 12.2. The summed E-state index contributed by atoms with van der Waals surface area (Å²) >= 11 is 0. The van der Waals surface area contributed by atoms with Crippen molar-refractivity contribution < 1.29 is 13.2 Å². The van der Waals surface area contributed by atoms with E-state index in [1.807, 2.05) is 13.8 Å². The molecule has 1 amide bonds. The van der Waals surface area contributed by atoms with Crippen molar-refractivity contribution in [3.63, 3.8) is 0 Å². The van der Waals surface area contributed by atoms with Gasteiger partial charge in [0.15, 0.2) is 0 Å². The Labute approximate surface area is 136 Å². The molecular weight excluding hydrogens is 314 g/mol. The quantitative estimate of drug-likeness (QED) is 0.851. The molecule has 0 fully saturated rings. The van der Waals surface area contributed by atoms with Crippen LogP contribution in [0.4, 0.5) is 11.5 Å². The van der Waals surface area contributed by atoms with Gasteiger partial charge in [-0.25, -0.2) is 13.4 Å². The van der Waals surface area contributed by atoms with Gasteiger partial charge in [0.25, 0.3) is 10.0 Å². The summed E-state index contributed by atoms with van der Waals surface area (Å²) in [5.41, 5.74) is 0.562. The Balaban J connectivity index is 2.08. The van der Waals surface area contributed by atoms with Crippen LogP contribution in [-0.4, -0.2) is 19.3 Å². The van der Waals surface area contributed by atoms with Gasteiger partial charge >= 0.3 is 0 Å². The molecule has 1 heterocycles. The minimum atomic E-state index is -3.70. The number of hydrogen-bond donors (Lipinski definition) is 2. The number of pyridine rings is 1. The highest BCUT2D eigenvalue weighted by Crippen LogP contribution is 2.17. The molecule has 2 rings (SSSR count). The highest BCUT2D eigenvalue weighted by molar-refractivity contribution is 7.92. The monoisotopic (exact) mass is 333 g/mol. The summed E-state index contributed by atoms with van der Waals surface area (Å²) in [7, 11) is -3.70. The number of anilines is 2. The predicted octanol–water partition coefficient (Wildman–Crippen LogP) is 2.87. The summed E-state index contributed by atoms with van der Waals surface area (Å²) in [5, 5.41) is 2.74. The molecule has 23 heavy (non-hydrogen) atoms. The lowest BCUT2D eigenvalue weighted by atomic mass is 10.1. The van der Waals surface area contributed by atoms with E-state index in [0.29, 0.717) is 12.1 Å². The second kappa shape index (κ2) is 7.23. The van der Waals surface area contributed by atoms with Crippen molar-refractivity contribution in [3.05, 3.63) is 48.7 Å². The first-order chi connectivity index (χ1) is 10.9. The number of amides is 1. The molecule has 0 atom stereocenters. The van der Waals surface area contributed by atoms with Crippen molar-refractivity contribution >= 4 is 27.4 Å². The first-order valence-corrected chi connectivity index (χ1v) is 8.69. The van der Waals surface area contributed by atoms with Crippen LogP contribution in [0.2, 0.25) is 0 Å². The van der Waals surface area contributed by atoms with Crippen LogP contribution < -0.4 is 10.0 Å². The summed E-state index contributed by atoms with van der Waals surface area (Å²) in [6, 6.07) is 11.0. The van der Waals surface area contributed by atoms with Crippen LogP contribution in [0.15, 0.2) is 53.6 Å². The average molecular weight is 333 g/mol. The second-order valence-electron chi connectivity index (χ2n) is 5.49. The minimum Gasteiger partial charge on any atom is -0.326 e. The molecule has 0 spiro atoms. The van der Waals surface area contributed by atoms with Gasteiger partial charge in [-0.2, -0.15) is 0 Å². The number of carbonyl (C=O) groups excluding carboxylic acids is 1. The zero-order valence-electron chi connectivity index (χ0n) is 13.0. The molecule has 0 radical (unpaired) electrons. The maximum atomic E-state index is 12.2. The molecule has 0 unspecified atom stereocenters. The Bertz CT molecular complexity index is 757. The molecule has 0 aliphatic carbocycles. The Morgan fingerprint density at radius 2 is 1.83 bits per heavy atom. The first-order valence-electron chi connectivity index (χ1n) is 7.20. The summed E-state index contributed by atoms with van der Waals surface area (Å²) in [6.45, 7) is 3.91. The fourth-order valence-corrected chi connectivity index (χ4v) is 2.93. The smallest absolute Gasteiger partial charge is 0.263 e. The van der Waals surface area contributed by atoms with Gasteiger partial charge in [0, 0.05) is 18.3 Å². The van der Waals surface area contributed by atoms with Crippen LogP contribution in [0.1, 0.15) is 20.3 Å². The van der Waals surface area contributed by atoms with Gasteiger partial charge in [0.2, 0.25) is 5.91 Å². The SMILES string of the molecule is CC(C)CC(=O)Nc1ccc(S(=O)(=O)Nc2ccccn2)cc1. The number of sulfonamides is 1. The van der Waals surface area contributed by atoms with Crippen molar-refractivity contribution in [2.45, 2.75) is 25.2 Å². The number of nitrogens with zero attached hydrogens (tertiary/aromatic N) is 1. The molecule has 7 heteroatoms. The van der Waals surface area contributed by atoms with Gasteiger partial charge < -0.3 is 5.32 Å². The Morgan fingerprint density at radius 1 is 1.13 bits per heavy atom. The normalized spacial score (nSPS) is 11.3. The summed E-state index contributed by atoms with van der Waals surface area (Å²) in [5.74, 6) is 0.418. The van der Waals surface area contributed by atoms with Crippen molar-refractivity contribution in [2.75, 3.05) is 10.0 Å². The molecule has 0 aliphatic rings. The zero-order chi connectivity index (χ0) is 16.9. The number of nitrogens with one attached hydrogen (secondary N) is 2. The fraction of sp³-hybridized carbons (Fsp3) is 0.250. The third-order valence-electron chi connectivity index (χ3n) is 2.95. The molecule has 2 N–H and O–H groups in total. The zero-order valence-corrected chi connectivity index (χ0v) is 13.8. The minimum absolute atomic E-state index is 0.0952. The van der Waals surface area contributed by atoms with E-state index >= 15 is 0 Å². The molecule has 0 aliphatic heterocycles. The van der Waals surface area contributed by atoms with Crippen LogP contribution >= 0.6 is 0 Å². The molecule has 2 aromatic rings. The lowest BCUT2D eigenvalue weighted by Gasteiger charge is -2.09. The number of hydrogen-bond acceptors (Lipinski definition) is 4. The molecule has 122 valence electrons. The molecular formula is C16H19N3O3S. The van der Waals surface area contributed by atoms with E-state index < -0.39 is 10.0 Å². The van der Waals surface area contributed by atoms with Crippen molar-refractivity contribution in [1.29, 1.82) is 0 Å². The van der Waals surface area contributed by atoms with Gasteiger partial charge in [-0.15, -0.1) is 0 Å². The van der Waals surface area contributed by atoms with Gasteiger partial charge in [0.1, 0.15) is 5.82 Å². The van der Waals surface area contributed by atoms with Gasteiger partial charge in [-0.3, -0.25) is 9.52 Å². The molecule has 0 bridgehead atoms. The number of carbonyl (C=O) groups is 1. The third-order valence-corrected chi connectivity index (χ3v) is 4.32. The van der Waals surface area contributed by atoms with E-state index in [4.69, 9.17) is 0 Å². The lowest BCUT2D eigenvalue weighted by molar-refractivity contribution is -0.116. The fourth-order valence-electron chi connectivity index (χ4n) is 1.92. The Kier molecular flexibility index (Phi) is 5.33. The first kappa shape index (κ1) is 17.0. The largest absolute Gasteiger partial charge is 0.326 e. The molecule has 6 nitrogen and oxygen atoms in total. The topological polar surface area (TPSA) is 88.2 Å². The second-order valence-corrected chi connectivity index (χ2v) is 7.17. The number of rotatable bonds is 6. The van der Waals surface area contributed by atoms with E-state index in [2.05, 4.69) is 15.0 Å². The van der Waals surface area contributed by atoms with Crippen LogP contribution in [0, 0.1) is 5.92 Å². The summed E-state index contributed by atoms with van der Waals surface area (Å²) < 4.78 is 26.9.